The maximum Gasteiger partial charge on any atom is 0.335 e. The number of amides is 2. The van der Waals surface area contributed by atoms with Gasteiger partial charge in [0.05, 0.1) is 17.0 Å². The van der Waals surface area contributed by atoms with Crippen LogP contribution in [0, 0.1) is 0 Å². The van der Waals surface area contributed by atoms with Crippen LogP contribution in [0.1, 0.15) is 31.3 Å². The number of carbonyl (C=O) groups is 3. The third kappa shape index (κ3) is 3.47. The number of aromatic carboxylic acids is 1. The lowest BCUT2D eigenvalue weighted by Gasteiger charge is -2.11. The highest BCUT2D eigenvalue weighted by atomic mass is 16.4. The van der Waals surface area contributed by atoms with Crippen molar-refractivity contribution in [2.45, 2.75) is 0 Å². The Kier molecular flexibility index (Phi) is 4.58. The van der Waals surface area contributed by atoms with Crippen molar-refractivity contribution in [2.75, 3.05) is 0 Å². The zero-order valence-corrected chi connectivity index (χ0v) is 13.8. The molecule has 0 aromatic carbocycles. The number of rotatable bonds is 5. The molecule has 0 aliphatic carbocycles. The van der Waals surface area contributed by atoms with Gasteiger partial charge in [-0.05, 0) is 36.4 Å². The third-order valence-electron chi connectivity index (χ3n) is 3.71. The molecule has 9 heteroatoms. The first-order valence-corrected chi connectivity index (χ1v) is 7.64. The summed E-state index contributed by atoms with van der Waals surface area (Å²) >= 11 is 0. The SMILES string of the molecule is NC(=O)c1ncccc1-c1cc(C(=O)O)cc(-c2cccnc2C(N)=O)n1. The summed E-state index contributed by atoms with van der Waals surface area (Å²) in [7, 11) is 0. The average molecular weight is 363 g/mol. The van der Waals surface area contributed by atoms with Crippen molar-refractivity contribution in [3.8, 4) is 22.5 Å². The minimum atomic E-state index is -1.21. The first kappa shape index (κ1) is 17.7. The van der Waals surface area contributed by atoms with E-state index in [4.69, 9.17) is 11.5 Å². The van der Waals surface area contributed by atoms with Gasteiger partial charge in [-0.25, -0.2) is 9.78 Å². The quantitative estimate of drug-likeness (QED) is 0.611. The third-order valence-corrected chi connectivity index (χ3v) is 3.71. The van der Waals surface area contributed by atoms with Crippen LogP contribution in [0.4, 0.5) is 0 Å². The van der Waals surface area contributed by atoms with Crippen molar-refractivity contribution in [1.29, 1.82) is 0 Å². The molecule has 0 unspecified atom stereocenters. The van der Waals surface area contributed by atoms with E-state index in [1.165, 1.54) is 24.5 Å². The Bertz CT molecular complexity index is 1010. The fourth-order valence-corrected chi connectivity index (χ4v) is 2.55. The van der Waals surface area contributed by atoms with Crippen LogP contribution in [0.3, 0.4) is 0 Å². The van der Waals surface area contributed by atoms with E-state index in [2.05, 4.69) is 15.0 Å². The minimum absolute atomic E-state index is 0.0557. The van der Waals surface area contributed by atoms with E-state index in [1.54, 1.807) is 24.3 Å². The van der Waals surface area contributed by atoms with Crippen LogP contribution in [0.25, 0.3) is 22.5 Å². The number of carboxylic acids is 1. The molecule has 3 heterocycles. The molecule has 0 saturated heterocycles. The molecule has 0 atom stereocenters. The molecule has 0 saturated carbocycles. The van der Waals surface area contributed by atoms with E-state index in [9.17, 15) is 19.5 Å². The number of carbonyl (C=O) groups excluding carboxylic acids is 2. The summed E-state index contributed by atoms with van der Waals surface area (Å²) in [5, 5.41) is 9.44. The van der Waals surface area contributed by atoms with Crippen LogP contribution < -0.4 is 11.5 Å². The number of hydrogen-bond acceptors (Lipinski definition) is 6. The van der Waals surface area contributed by atoms with Crippen LogP contribution in [0.5, 0.6) is 0 Å². The predicted molar refractivity (Wildman–Crippen MR) is 94.7 cm³/mol. The highest BCUT2D eigenvalue weighted by Crippen LogP contribution is 2.27. The molecule has 0 spiro atoms. The van der Waals surface area contributed by atoms with Gasteiger partial charge in [-0.15, -0.1) is 0 Å². The zero-order chi connectivity index (χ0) is 19.6. The summed E-state index contributed by atoms with van der Waals surface area (Å²) in [4.78, 5) is 47.1. The Morgan fingerprint density at radius 3 is 1.63 bits per heavy atom. The lowest BCUT2D eigenvalue weighted by Crippen LogP contribution is -2.15. The number of carboxylic acid groups (broad SMARTS) is 1. The summed E-state index contributed by atoms with van der Waals surface area (Å²) in [6, 6.07) is 8.79. The van der Waals surface area contributed by atoms with Gasteiger partial charge in [0.2, 0.25) is 0 Å². The van der Waals surface area contributed by atoms with Crippen LogP contribution >= 0.6 is 0 Å². The minimum Gasteiger partial charge on any atom is -0.478 e. The molecule has 2 amide bonds. The average Bonchev–Trinajstić information content (AvgIpc) is 2.67. The first-order valence-electron chi connectivity index (χ1n) is 7.64. The van der Waals surface area contributed by atoms with Crippen molar-refractivity contribution in [1.82, 2.24) is 15.0 Å². The fraction of sp³-hybridized carbons (Fsp3) is 0. The summed E-state index contributed by atoms with van der Waals surface area (Å²) in [6.45, 7) is 0. The van der Waals surface area contributed by atoms with Crippen LogP contribution in [-0.4, -0.2) is 37.8 Å². The number of nitrogens with two attached hydrogens (primary N) is 2. The summed E-state index contributed by atoms with van der Waals surface area (Å²) < 4.78 is 0. The molecule has 5 N–H and O–H groups in total. The molecule has 0 bridgehead atoms. The highest BCUT2D eigenvalue weighted by Gasteiger charge is 2.19. The van der Waals surface area contributed by atoms with Gasteiger partial charge in [-0.1, -0.05) is 0 Å². The van der Waals surface area contributed by atoms with E-state index in [1.807, 2.05) is 0 Å². The van der Waals surface area contributed by atoms with Gasteiger partial charge < -0.3 is 16.6 Å². The largest absolute Gasteiger partial charge is 0.478 e. The molecule has 9 nitrogen and oxygen atoms in total. The Hall–Kier alpha value is -4.14. The van der Waals surface area contributed by atoms with Crippen molar-refractivity contribution < 1.29 is 19.5 Å². The van der Waals surface area contributed by atoms with Gasteiger partial charge in [0, 0.05) is 23.5 Å². The molecular formula is C18H13N5O4. The highest BCUT2D eigenvalue weighted by molar-refractivity contribution is 6.00. The van der Waals surface area contributed by atoms with Crippen LogP contribution in [0.2, 0.25) is 0 Å². The van der Waals surface area contributed by atoms with E-state index in [-0.39, 0.29) is 39.5 Å². The molecule has 3 aromatic rings. The molecule has 0 aliphatic heterocycles. The smallest absolute Gasteiger partial charge is 0.335 e. The first-order chi connectivity index (χ1) is 12.9. The topological polar surface area (TPSA) is 162 Å². The standard InChI is InChI=1S/C18H13N5O4/c19-16(24)14-10(3-1-5-21-14)12-7-9(18(26)27)8-13(23-12)11-4-2-6-22-15(11)17(20)25/h1-8H,(H2,19,24)(H2,20,25)(H,26,27). The van der Waals surface area contributed by atoms with Gasteiger partial charge in [0.1, 0.15) is 11.4 Å². The molecule has 134 valence electrons. The second-order valence-corrected chi connectivity index (χ2v) is 5.46. The second kappa shape index (κ2) is 7.00. The van der Waals surface area contributed by atoms with E-state index < -0.39 is 17.8 Å². The van der Waals surface area contributed by atoms with Gasteiger partial charge in [-0.2, -0.15) is 0 Å². The van der Waals surface area contributed by atoms with Crippen molar-refractivity contribution in [2.24, 2.45) is 11.5 Å². The summed E-state index contributed by atoms with van der Waals surface area (Å²) in [5.41, 5.74) is 11.3. The predicted octanol–water partition coefficient (Wildman–Crippen LogP) is 1.10. The number of pyridine rings is 3. The van der Waals surface area contributed by atoms with Gasteiger partial charge in [-0.3, -0.25) is 19.6 Å². The Morgan fingerprint density at radius 1 is 0.815 bits per heavy atom. The maximum atomic E-state index is 11.7. The van der Waals surface area contributed by atoms with Crippen molar-refractivity contribution >= 4 is 17.8 Å². The Balaban J connectivity index is 2.30. The summed E-state index contributed by atoms with van der Waals surface area (Å²) in [5.74, 6) is -2.78. The van der Waals surface area contributed by atoms with E-state index >= 15 is 0 Å². The van der Waals surface area contributed by atoms with Gasteiger partial charge >= 0.3 is 5.97 Å². The molecular weight excluding hydrogens is 350 g/mol. The van der Waals surface area contributed by atoms with E-state index in [0.717, 1.165) is 0 Å². The number of aromatic nitrogens is 3. The molecule has 0 radical (unpaired) electrons. The normalized spacial score (nSPS) is 10.4. The maximum absolute atomic E-state index is 11.7. The van der Waals surface area contributed by atoms with Crippen molar-refractivity contribution in [3.63, 3.8) is 0 Å². The van der Waals surface area contributed by atoms with Gasteiger partial charge in [0.15, 0.2) is 0 Å². The monoisotopic (exact) mass is 363 g/mol. The number of nitrogens with zero attached hydrogens (tertiary/aromatic N) is 3. The zero-order valence-electron chi connectivity index (χ0n) is 13.8. The van der Waals surface area contributed by atoms with Gasteiger partial charge in [0.25, 0.3) is 11.8 Å². The second-order valence-electron chi connectivity index (χ2n) is 5.46. The Morgan fingerprint density at radius 2 is 1.26 bits per heavy atom. The van der Waals surface area contributed by atoms with Crippen molar-refractivity contribution in [3.05, 3.63) is 65.7 Å². The molecule has 0 fully saturated rings. The lowest BCUT2D eigenvalue weighted by atomic mass is 10.0. The molecule has 0 aliphatic rings. The van der Waals surface area contributed by atoms with E-state index in [0.29, 0.717) is 0 Å². The lowest BCUT2D eigenvalue weighted by molar-refractivity contribution is 0.0696. The molecule has 3 rings (SSSR count). The molecule has 27 heavy (non-hydrogen) atoms. The summed E-state index contributed by atoms with van der Waals surface area (Å²) in [6.07, 6.45) is 2.77. The van der Waals surface area contributed by atoms with Crippen LogP contribution in [0.15, 0.2) is 48.8 Å². The van der Waals surface area contributed by atoms with Crippen LogP contribution in [-0.2, 0) is 0 Å². The number of hydrogen-bond donors (Lipinski definition) is 3. The Labute approximate surface area is 152 Å². The molecule has 3 aromatic heterocycles. The number of primary amides is 2. The fourth-order valence-electron chi connectivity index (χ4n) is 2.55.